The molecule has 27 heavy (non-hydrogen) atoms. The molecule has 2 heterocycles. The third kappa shape index (κ3) is 4.35. The number of amides is 1. The van der Waals surface area contributed by atoms with E-state index in [-0.39, 0.29) is 33.6 Å². The second-order valence-electron chi connectivity index (χ2n) is 8.50. The van der Waals surface area contributed by atoms with Crippen LogP contribution in [0.2, 0.25) is 0 Å². The fourth-order valence-electron chi connectivity index (χ4n) is 4.09. The third-order valence-electron chi connectivity index (χ3n) is 4.70. The Morgan fingerprint density at radius 3 is 2.30 bits per heavy atom. The highest BCUT2D eigenvalue weighted by atomic mass is 32.1. The first kappa shape index (κ1) is 19.9. The summed E-state index contributed by atoms with van der Waals surface area (Å²) in [6.45, 7) is 10.1. The van der Waals surface area contributed by atoms with Gasteiger partial charge in [0.05, 0.1) is 11.3 Å². The van der Waals surface area contributed by atoms with Gasteiger partial charge >= 0.3 is 0 Å². The third-order valence-corrected chi connectivity index (χ3v) is 5.88. The number of halogens is 2. The molecule has 1 aliphatic heterocycles. The van der Waals surface area contributed by atoms with Crippen LogP contribution in [0.3, 0.4) is 0 Å². The molecule has 0 saturated carbocycles. The molecule has 0 radical (unpaired) electrons. The molecule has 0 unspecified atom stereocenters. The fraction of sp³-hybridized carbons (Fsp3) is 0.500. The zero-order valence-electron chi connectivity index (χ0n) is 16.2. The average molecular weight is 394 g/mol. The van der Waals surface area contributed by atoms with Gasteiger partial charge in [0.2, 0.25) is 0 Å². The summed E-state index contributed by atoms with van der Waals surface area (Å²) in [4.78, 5) is 17.5. The Kier molecular flexibility index (Phi) is 5.12. The summed E-state index contributed by atoms with van der Waals surface area (Å²) in [7, 11) is 0. The Bertz CT molecular complexity index is 840. The van der Waals surface area contributed by atoms with Crippen LogP contribution in [0.1, 0.15) is 55.9 Å². The van der Waals surface area contributed by atoms with Gasteiger partial charge in [-0.05, 0) is 59.6 Å². The highest BCUT2D eigenvalue weighted by molar-refractivity contribution is 7.17. The molecule has 146 valence electrons. The van der Waals surface area contributed by atoms with E-state index in [9.17, 15) is 13.6 Å². The first-order valence-corrected chi connectivity index (χ1v) is 9.81. The van der Waals surface area contributed by atoms with Gasteiger partial charge in [0.1, 0.15) is 21.5 Å². The van der Waals surface area contributed by atoms with Gasteiger partial charge in [0.15, 0.2) is 0 Å². The van der Waals surface area contributed by atoms with Crippen LogP contribution in [0.4, 0.5) is 8.78 Å². The topological polar surface area (TPSA) is 54.0 Å². The van der Waals surface area contributed by atoms with Crippen molar-refractivity contribution in [1.82, 2.24) is 15.6 Å². The number of carbonyl (C=O) groups is 1. The second kappa shape index (κ2) is 6.95. The van der Waals surface area contributed by atoms with Crippen LogP contribution in [0.5, 0.6) is 0 Å². The molecule has 2 aromatic rings. The molecular formula is C20H25F2N3OS. The molecule has 1 amide bonds. The van der Waals surface area contributed by atoms with E-state index in [4.69, 9.17) is 0 Å². The van der Waals surface area contributed by atoms with Crippen molar-refractivity contribution in [3.8, 4) is 10.6 Å². The largest absolute Gasteiger partial charge is 0.348 e. The maximum absolute atomic E-state index is 14.0. The Balaban J connectivity index is 1.83. The number of thiazole rings is 1. The quantitative estimate of drug-likeness (QED) is 0.811. The van der Waals surface area contributed by atoms with Crippen LogP contribution < -0.4 is 10.6 Å². The second-order valence-corrected chi connectivity index (χ2v) is 9.50. The summed E-state index contributed by atoms with van der Waals surface area (Å²) < 4.78 is 28.1. The number of rotatable bonds is 3. The number of carbonyl (C=O) groups excluding carboxylic acids is 1. The summed E-state index contributed by atoms with van der Waals surface area (Å²) in [5.74, 6) is -1.61. The number of nitrogens with one attached hydrogen (secondary N) is 2. The molecule has 3 rings (SSSR count). The Morgan fingerprint density at radius 2 is 1.74 bits per heavy atom. The van der Waals surface area contributed by atoms with Gasteiger partial charge in [-0.2, -0.15) is 0 Å². The van der Waals surface area contributed by atoms with Crippen molar-refractivity contribution in [3.05, 3.63) is 40.4 Å². The Hall–Kier alpha value is -1.86. The number of piperidine rings is 1. The van der Waals surface area contributed by atoms with Crippen LogP contribution in [0, 0.1) is 18.6 Å². The molecule has 1 aromatic heterocycles. The monoisotopic (exact) mass is 393 g/mol. The van der Waals surface area contributed by atoms with Crippen LogP contribution in [0.25, 0.3) is 10.6 Å². The van der Waals surface area contributed by atoms with Gasteiger partial charge in [-0.25, -0.2) is 13.8 Å². The maximum Gasteiger partial charge on any atom is 0.263 e. The minimum Gasteiger partial charge on any atom is -0.348 e. The molecule has 0 spiro atoms. The molecule has 0 atom stereocenters. The van der Waals surface area contributed by atoms with E-state index < -0.39 is 11.6 Å². The molecule has 0 bridgehead atoms. The van der Waals surface area contributed by atoms with E-state index in [0.29, 0.717) is 10.6 Å². The van der Waals surface area contributed by atoms with Gasteiger partial charge in [0.25, 0.3) is 5.91 Å². The smallest absolute Gasteiger partial charge is 0.263 e. The molecule has 1 aliphatic rings. The SMILES string of the molecule is Cc1nc(-c2c(F)cccc2F)sc1C(=O)NC1CC(C)(C)NC(C)(C)C1. The number of hydrogen-bond donors (Lipinski definition) is 2. The van der Waals surface area contributed by atoms with E-state index in [0.717, 1.165) is 24.2 Å². The lowest BCUT2D eigenvalue weighted by molar-refractivity contribution is 0.0876. The standard InChI is InChI=1S/C20H25F2N3OS/c1-11-16(27-18(23-11)15-13(21)7-6-8-14(15)22)17(26)24-12-9-19(2,3)25-20(4,5)10-12/h6-8,12,25H,9-10H2,1-5H3,(H,24,26). The lowest BCUT2D eigenvalue weighted by Crippen LogP contribution is -2.62. The summed E-state index contributed by atoms with van der Waals surface area (Å²) in [6.07, 6.45) is 1.60. The minimum atomic E-state index is -0.683. The lowest BCUT2D eigenvalue weighted by Gasteiger charge is -2.46. The summed E-state index contributed by atoms with van der Waals surface area (Å²) in [6, 6.07) is 3.70. The molecule has 1 aromatic carbocycles. The van der Waals surface area contributed by atoms with Gasteiger partial charge in [-0.1, -0.05) is 6.07 Å². The number of benzene rings is 1. The molecule has 1 fully saturated rings. The van der Waals surface area contributed by atoms with Gasteiger partial charge < -0.3 is 10.6 Å². The van der Waals surface area contributed by atoms with E-state index in [1.165, 1.54) is 18.2 Å². The maximum atomic E-state index is 14.0. The number of aromatic nitrogens is 1. The van der Waals surface area contributed by atoms with Crippen molar-refractivity contribution in [2.75, 3.05) is 0 Å². The molecule has 7 heteroatoms. The summed E-state index contributed by atoms with van der Waals surface area (Å²) in [5.41, 5.74) is 0.102. The van der Waals surface area contributed by atoms with Crippen molar-refractivity contribution in [1.29, 1.82) is 0 Å². The van der Waals surface area contributed by atoms with Crippen LogP contribution >= 0.6 is 11.3 Å². The van der Waals surface area contributed by atoms with Crippen molar-refractivity contribution < 1.29 is 13.6 Å². The zero-order valence-corrected chi connectivity index (χ0v) is 17.1. The predicted octanol–water partition coefficient (Wildman–Crippen LogP) is 4.44. The molecular weight excluding hydrogens is 368 g/mol. The lowest BCUT2D eigenvalue weighted by atomic mass is 9.79. The average Bonchev–Trinajstić information content (AvgIpc) is 2.85. The van der Waals surface area contributed by atoms with Crippen molar-refractivity contribution in [3.63, 3.8) is 0 Å². The van der Waals surface area contributed by atoms with Crippen LogP contribution in [-0.2, 0) is 0 Å². The summed E-state index contributed by atoms with van der Waals surface area (Å²) >= 11 is 1.02. The summed E-state index contributed by atoms with van der Waals surface area (Å²) in [5, 5.41) is 6.85. The number of nitrogens with zero attached hydrogens (tertiary/aromatic N) is 1. The normalized spacial score (nSPS) is 19.1. The van der Waals surface area contributed by atoms with E-state index in [1.54, 1.807) is 6.92 Å². The zero-order chi connectivity index (χ0) is 20.0. The van der Waals surface area contributed by atoms with E-state index in [1.807, 2.05) is 0 Å². The molecule has 1 saturated heterocycles. The van der Waals surface area contributed by atoms with Crippen molar-refractivity contribution >= 4 is 17.2 Å². The highest BCUT2D eigenvalue weighted by Crippen LogP contribution is 2.33. The van der Waals surface area contributed by atoms with Crippen LogP contribution in [-0.4, -0.2) is 28.0 Å². The Morgan fingerprint density at radius 1 is 1.19 bits per heavy atom. The highest BCUT2D eigenvalue weighted by Gasteiger charge is 2.38. The van der Waals surface area contributed by atoms with Crippen LogP contribution in [0.15, 0.2) is 18.2 Å². The van der Waals surface area contributed by atoms with Gasteiger partial charge in [-0.3, -0.25) is 4.79 Å². The van der Waals surface area contributed by atoms with E-state index >= 15 is 0 Å². The van der Waals surface area contributed by atoms with E-state index in [2.05, 4.69) is 43.3 Å². The van der Waals surface area contributed by atoms with Crippen molar-refractivity contribution in [2.45, 2.75) is 64.6 Å². The van der Waals surface area contributed by atoms with Crippen molar-refractivity contribution in [2.24, 2.45) is 0 Å². The molecule has 2 N–H and O–H groups in total. The molecule has 0 aliphatic carbocycles. The number of aryl methyl sites for hydroxylation is 1. The first-order valence-electron chi connectivity index (χ1n) is 8.99. The predicted molar refractivity (Wildman–Crippen MR) is 104 cm³/mol. The fourth-order valence-corrected chi connectivity index (χ4v) is 5.11. The first-order chi connectivity index (χ1) is 12.5. The Labute approximate surface area is 162 Å². The molecule has 4 nitrogen and oxygen atoms in total. The van der Waals surface area contributed by atoms with Gasteiger partial charge in [-0.15, -0.1) is 11.3 Å². The number of hydrogen-bond acceptors (Lipinski definition) is 4. The minimum absolute atomic E-state index is 0.0129. The van der Waals surface area contributed by atoms with Gasteiger partial charge in [0, 0.05) is 17.1 Å².